The molecule has 0 saturated carbocycles. The molecule has 98 valence electrons. The number of fused-ring (bicyclic) bond motifs is 1. The zero-order valence-electron chi connectivity index (χ0n) is 11.0. The van der Waals surface area contributed by atoms with Gasteiger partial charge in [-0.05, 0) is 36.1 Å². The summed E-state index contributed by atoms with van der Waals surface area (Å²) in [5.41, 5.74) is 3.39. The number of carbonyl (C=O) groups excluding carboxylic acids is 1. The van der Waals surface area contributed by atoms with Crippen molar-refractivity contribution in [2.24, 2.45) is 0 Å². The van der Waals surface area contributed by atoms with E-state index in [0.717, 1.165) is 18.5 Å². The van der Waals surface area contributed by atoms with Gasteiger partial charge in [-0.15, -0.1) is 0 Å². The Kier molecular flexibility index (Phi) is 3.99. The van der Waals surface area contributed by atoms with Gasteiger partial charge in [0.25, 0.3) is 0 Å². The van der Waals surface area contributed by atoms with Gasteiger partial charge in [0.1, 0.15) is 0 Å². The molecule has 0 radical (unpaired) electrons. The molecule has 18 heavy (non-hydrogen) atoms. The third-order valence-electron chi connectivity index (χ3n) is 3.38. The van der Waals surface area contributed by atoms with Crippen molar-refractivity contribution in [3.63, 3.8) is 0 Å². The molecule has 0 aliphatic heterocycles. The molecule has 0 fully saturated rings. The average molecular weight is 249 g/mol. The zero-order chi connectivity index (χ0) is 13.1. The second kappa shape index (κ2) is 5.50. The Morgan fingerprint density at radius 3 is 2.72 bits per heavy atom. The first kappa shape index (κ1) is 13.1. The Balaban J connectivity index is 2.22. The van der Waals surface area contributed by atoms with Crippen LogP contribution in [0.15, 0.2) is 18.2 Å². The highest BCUT2D eigenvalue weighted by molar-refractivity contribution is 5.88. The van der Waals surface area contributed by atoms with Crippen LogP contribution >= 0.6 is 0 Å². The van der Waals surface area contributed by atoms with Crippen LogP contribution in [0.5, 0.6) is 0 Å². The van der Waals surface area contributed by atoms with Gasteiger partial charge < -0.3 is 14.8 Å². The summed E-state index contributed by atoms with van der Waals surface area (Å²) in [6.07, 6.45) is 1.82. The van der Waals surface area contributed by atoms with Gasteiger partial charge >= 0.3 is 0 Å². The van der Waals surface area contributed by atoms with Crippen LogP contribution in [-0.4, -0.2) is 26.4 Å². The normalized spacial score (nSPS) is 17.9. The standard InChI is InChI=1S/C14H19NO3/c1-9(16)15-11-5-7-12-10(8-11)4-6-13(12)14(17-2)18-3/h5,7-8,13-14H,4,6H2,1-3H3,(H,15,16)/t13-/m1/s1. The maximum absolute atomic E-state index is 11.0. The molecule has 1 aromatic rings. The van der Waals surface area contributed by atoms with E-state index in [0.29, 0.717) is 0 Å². The molecule has 0 aromatic heterocycles. The average Bonchev–Trinajstić information content (AvgIpc) is 2.73. The number of aryl methyl sites for hydroxylation is 1. The van der Waals surface area contributed by atoms with E-state index in [-0.39, 0.29) is 18.1 Å². The highest BCUT2D eigenvalue weighted by atomic mass is 16.7. The Morgan fingerprint density at radius 1 is 1.39 bits per heavy atom. The lowest BCUT2D eigenvalue weighted by atomic mass is 10.0. The van der Waals surface area contributed by atoms with Crippen LogP contribution < -0.4 is 5.32 Å². The Hall–Kier alpha value is -1.39. The summed E-state index contributed by atoms with van der Waals surface area (Å²) < 4.78 is 10.7. The summed E-state index contributed by atoms with van der Waals surface area (Å²) in [4.78, 5) is 11.0. The topological polar surface area (TPSA) is 47.6 Å². The minimum absolute atomic E-state index is 0.0452. The molecule has 4 heteroatoms. The highest BCUT2D eigenvalue weighted by Gasteiger charge is 2.30. The number of hydrogen-bond donors (Lipinski definition) is 1. The summed E-state index contributed by atoms with van der Waals surface area (Å²) in [5, 5.41) is 2.81. The van der Waals surface area contributed by atoms with Crippen LogP contribution in [0.4, 0.5) is 5.69 Å². The molecule has 4 nitrogen and oxygen atoms in total. The molecule has 1 aliphatic rings. The van der Waals surface area contributed by atoms with Crippen LogP contribution in [0.25, 0.3) is 0 Å². The summed E-state index contributed by atoms with van der Waals surface area (Å²) in [6, 6.07) is 6.03. The molecule has 0 spiro atoms. The van der Waals surface area contributed by atoms with Gasteiger partial charge in [-0.2, -0.15) is 0 Å². The predicted octanol–water partition coefficient (Wildman–Crippen LogP) is 2.29. The largest absolute Gasteiger partial charge is 0.355 e. The van der Waals surface area contributed by atoms with Gasteiger partial charge in [0.05, 0.1) is 0 Å². The van der Waals surface area contributed by atoms with Crippen molar-refractivity contribution in [2.75, 3.05) is 19.5 Å². The first-order valence-electron chi connectivity index (χ1n) is 6.11. The molecular weight excluding hydrogens is 230 g/mol. The van der Waals surface area contributed by atoms with Crippen molar-refractivity contribution in [3.05, 3.63) is 29.3 Å². The van der Waals surface area contributed by atoms with Gasteiger partial charge in [-0.1, -0.05) is 6.07 Å². The van der Waals surface area contributed by atoms with E-state index in [4.69, 9.17) is 9.47 Å². The van der Waals surface area contributed by atoms with Crippen LogP contribution in [0.3, 0.4) is 0 Å². The Labute approximate surface area is 107 Å². The van der Waals surface area contributed by atoms with Crippen LogP contribution in [-0.2, 0) is 20.7 Å². The summed E-state index contributed by atoms with van der Waals surface area (Å²) in [7, 11) is 3.33. The molecule has 1 atom stereocenters. The summed E-state index contributed by atoms with van der Waals surface area (Å²) in [5.74, 6) is 0.234. The van der Waals surface area contributed by atoms with E-state index in [1.807, 2.05) is 12.1 Å². The molecule has 1 aliphatic carbocycles. The summed E-state index contributed by atoms with van der Waals surface area (Å²) in [6.45, 7) is 1.52. The van der Waals surface area contributed by atoms with Crippen molar-refractivity contribution in [2.45, 2.75) is 32.0 Å². The van der Waals surface area contributed by atoms with Crippen LogP contribution in [0, 0.1) is 0 Å². The molecule has 0 bridgehead atoms. The quantitative estimate of drug-likeness (QED) is 0.833. The monoisotopic (exact) mass is 249 g/mol. The number of hydrogen-bond acceptors (Lipinski definition) is 3. The van der Waals surface area contributed by atoms with Crippen molar-refractivity contribution >= 4 is 11.6 Å². The van der Waals surface area contributed by atoms with Crippen LogP contribution in [0.1, 0.15) is 30.4 Å². The van der Waals surface area contributed by atoms with E-state index >= 15 is 0 Å². The maximum atomic E-state index is 11.0. The number of rotatable bonds is 4. The molecule has 0 saturated heterocycles. The fourth-order valence-electron chi connectivity index (χ4n) is 2.64. The Morgan fingerprint density at radius 2 is 2.11 bits per heavy atom. The minimum Gasteiger partial charge on any atom is -0.355 e. The molecular formula is C14H19NO3. The molecule has 0 unspecified atom stereocenters. The van der Waals surface area contributed by atoms with Gasteiger partial charge in [0, 0.05) is 32.7 Å². The highest BCUT2D eigenvalue weighted by Crippen LogP contribution is 2.37. The zero-order valence-corrected chi connectivity index (χ0v) is 11.0. The van der Waals surface area contributed by atoms with Gasteiger partial charge in [0.15, 0.2) is 6.29 Å². The van der Waals surface area contributed by atoms with Crippen molar-refractivity contribution in [3.8, 4) is 0 Å². The third-order valence-corrected chi connectivity index (χ3v) is 3.38. The van der Waals surface area contributed by atoms with Crippen molar-refractivity contribution in [1.82, 2.24) is 0 Å². The number of benzene rings is 1. The van der Waals surface area contributed by atoms with Gasteiger partial charge in [-0.25, -0.2) is 0 Å². The number of methoxy groups -OCH3 is 2. The number of ether oxygens (including phenoxy) is 2. The molecule has 1 amide bonds. The molecule has 0 heterocycles. The van der Waals surface area contributed by atoms with Gasteiger partial charge in [-0.3, -0.25) is 4.79 Å². The fourth-order valence-corrected chi connectivity index (χ4v) is 2.64. The summed E-state index contributed by atoms with van der Waals surface area (Å²) >= 11 is 0. The second-order valence-corrected chi connectivity index (χ2v) is 4.58. The number of nitrogens with one attached hydrogen (secondary N) is 1. The lowest BCUT2D eigenvalue weighted by molar-refractivity contribution is -0.117. The fraction of sp³-hybridized carbons (Fsp3) is 0.500. The first-order chi connectivity index (χ1) is 8.65. The lowest BCUT2D eigenvalue weighted by Crippen LogP contribution is -2.21. The number of carbonyl (C=O) groups is 1. The SMILES string of the molecule is COC(OC)[C@@H]1CCc2cc(NC(C)=O)ccc21. The van der Waals surface area contributed by atoms with E-state index in [9.17, 15) is 4.79 Å². The van der Waals surface area contributed by atoms with Crippen molar-refractivity contribution in [1.29, 1.82) is 0 Å². The lowest BCUT2D eigenvalue weighted by Gasteiger charge is -2.21. The minimum atomic E-state index is -0.196. The molecule has 1 N–H and O–H groups in total. The van der Waals surface area contributed by atoms with Gasteiger partial charge in [0.2, 0.25) is 5.91 Å². The molecule has 1 aromatic carbocycles. The van der Waals surface area contributed by atoms with E-state index in [1.165, 1.54) is 18.1 Å². The second-order valence-electron chi connectivity index (χ2n) is 4.58. The molecule has 2 rings (SSSR count). The predicted molar refractivity (Wildman–Crippen MR) is 69.6 cm³/mol. The number of anilines is 1. The smallest absolute Gasteiger partial charge is 0.221 e. The van der Waals surface area contributed by atoms with E-state index < -0.39 is 0 Å². The number of amides is 1. The Bertz CT molecular complexity index is 441. The van der Waals surface area contributed by atoms with E-state index in [1.54, 1.807) is 14.2 Å². The maximum Gasteiger partial charge on any atom is 0.221 e. The first-order valence-corrected chi connectivity index (χ1v) is 6.11. The van der Waals surface area contributed by atoms with Crippen molar-refractivity contribution < 1.29 is 14.3 Å². The van der Waals surface area contributed by atoms with Crippen LogP contribution in [0.2, 0.25) is 0 Å². The third kappa shape index (κ3) is 2.54. The van der Waals surface area contributed by atoms with E-state index in [2.05, 4.69) is 11.4 Å².